The van der Waals surface area contributed by atoms with Crippen molar-refractivity contribution < 1.29 is 32.2 Å². The van der Waals surface area contributed by atoms with Gasteiger partial charge in [-0.3, -0.25) is 0 Å². The van der Waals surface area contributed by atoms with Gasteiger partial charge in [0.2, 0.25) is 0 Å². The van der Waals surface area contributed by atoms with Crippen LogP contribution in [0.15, 0.2) is 109 Å². The first-order valence-corrected chi connectivity index (χ1v) is 19.7. The second-order valence-electron chi connectivity index (χ2n) is 15.9. The third-order valence-corrected chi connectivity index (χ3v) is 10.4. The number of rotatable bonds is 10. The van der Waals surface area contributed by atoms with Crippen molar-refractivity contribution in [3.05, 3.63) is 137 Å². The summed E-state index contributed by atoms with van der Waals surface area (Å²) < 4.78 is 38.7. The molecule has 5 aromatic carbocycles. The maximum atomic E-state index is 11.1. The predicted molar refractivity (Wildman–Crippen MR) is 210 cm³/mol. The van der Waals surface area contributed by atoms with Crippen LogP contribution in [0, 0.1) is 0 Å². The predicted octanol–water partition coefficient (Wildman–Crippen LogP) is 12.7. The highest BCUT2D eigenvalue weighted by Crippen LogP contribution is 2.53. The number of fused-ring (bicyclic) bond motifs is 2. The second-order valence-corrected chi connectivity index (χ2v) is 17.8. The maximum absolute atomic E-state index is 11.1. The zero-order valence-corrected chi connectivity index (χ0v) is 33.2. The molecule has 1 atom stereocenters. The van der Waals surface area contributed by atoms with E-state index in [0.717, 1.165) is 27.8 Å². The van der Waals surface area contributed by atoms with Gasteiger partial charge in [0, 0.05) is 34.2 Å². The Morgan fingerprint density at radius 3 is 1.19 bits per heavy atom. The van der Waals surface area contributed by atoms with E-state index in [2.05, 4.69) is 74.4 Å². The summed E-state index contributed by atoms with van der Waals surface area (Å²) in [6.45, 7) is 19.2. The lowest BCUT2D eigenvalue weighted by Crippen LogP contribution is -2.15. The topological polar surface area (TPSA) is 75.6 Å². The molecule has 0 saturated carbocycles. The van der Waals surface area contributed by atoms with Crippen LogP contribution in [0.3, 0.4) is 0 Å². The van der Waals surface area contributed by atoms with Crippen molar-refractivity contribution in [1.29, 1.82) is 0 Å². The van der Waals surface area contributed by atoms with Crippen LogP contribution in [0.1, 0.15) is 90.1 Å². The van der Waals surface area contributed by atoms with Crippen LogP contribution < -0.4 is 27.4 Å². The first-order valence-electron chi connectivity index (χ1n) is 17.5. The second kappa shape index (κ2) is 15.0. The molecule has 1 N–H and O–H groups in total. The Labute approximate surface area is 310 Å². The number of benzene rings is 5. The Morgan fingerprint density at radius 2 is 0.769 bits per heavy atom. The van der Waals surface area contributed by atoms with Gasteiger partial charge in [0.25, 0.3) is 0 Å². The smallest absolute Gasteiger partial charge is 0.449 e. The van der Waals surface area contributed by atoms with Gasteiger partial charge in [-0.05, 0) is 46.6 Å². The normalized spacial score (nSPS) is 13.4. The van der Waals surface area contributed by atoms with Gasteiger partial charge in [-0.2, -0.15) is 0 Å². The summed E-state index contributed by atoms with van der Waals surface area (Å²) in [4.78, 5) is 11.1. The number of hydrogen-bond acceptors (Lipinski definition) is 7. The Bertz CT molecular complexity index is 1960. The summed E-state index contributed by atoms with van der Waals surface area (Å²) in [6, 6.07) is 35.1. The molecule has 0 radical (unpaired) electrons. The fourth-order valence-corrected chi connectivity index (χ4v) is 7.80. The van der Waals surface area contributed by atoms with Gasteiger partial charge in [0.05, 0.1) is 0 Å². The van der Waals surface area contributed by atoms with E-state index in [1.807, 2.05) is 91.0 Å². The molecule has 1 unspecified atom stereocenters. The van der Waals surface area contributed by atoms with E-state index in [4.69, 9.17) is 27.4 Å². The molecular formula is C43H48O7P2. The van der Waals surface area contributed by atoms with Gasteiger partial charge in [-0.15, -0.1) is 0 Å². The molecule has 0 bridgehead atoms. The molecule has 0 aliphatic carbocycles. The Balaban J connectivity index is 1.31. The Morgan fingerprint density at radius 1 is 0.442 bits per heavy atom. The van der Waals surface area contributed by atoms with Crippen LogP contribution in [0.4, 0.5) is 0 Å². The highest BCUT2D eigenvalue weighted by Gasteiger charge is 2.32. The molecule has 1 heterocycles. The Kier molecular flexibility index (Phi) is 10.8. The van der Waals surface area contributed by atoms with Gasteiger partial charge in [0.1, 0.15) is 17.2 Å². The SMILES string of the molecule is CC(C)(C)c1ccccc1OP(O)Oc1cccc2c1Oc1c(cccc1OP(Oc1ccccc1C(C)(C)C)Oc1ccccc1C(C)(C)C)C2. The summed E-state index contributed by atoms with van der Waals surface area (Å²) in [6.07, 6.45) is 0.565. The minimum Gasteiger partial charge on any atom is -0.449 e. The zero-order valence-electron chi connectivity index (χ0n) is 31.4. The van der Waals surface area contributed by atoms with Gasteiger partial charge in [-0.1, -0.05) is 141 Å². The van der Waals surface area contributed by atoms with Crippen LogP contribution in [0.2, 0.25) is 0 Å². The van der Waals surface area contributed by atoms with Crippen molar-refractivity contribution in [2.24, 2.45) is 0 Å². The maximum Gasteiger partial charge on any atom is 0.530 e. The van der Waals surface area contributed by atoms with E-state index in [-0.39, 0.29) is 16.2 Å². The number of ether oxygens (including phenoxy) is 1. The monoisotopic (exact) mass is 738 g/mol. The quantitative estimate of drug-likeness (QED) is 0.140. The zero-order chi connectivity index (χ0) is 37.3. The van der Waals surface area contributed by atoms with Crippen LogP contribution in [-0.4, -0.2) is 4.89 Å². The van der Waals surface area contributed by atoms with E-state index in [0.29, 0.717) is 46.7 Å². The van der Waals surface area contributed by atoms with Gasteiger partial charge in [0.15, 0.2) is 23.0 Å². The summed E-state index contributed by atoms with van der Waals surface area (Å²) in [5.74, 6) is 3.79. The van der Waals surface area contributed by atoms with E-state index < -0.39 is 17.2 Å². The minimum absolute atomic E-state index is 0.180. The molecule has 0 spiro atoms. The number of hydrogen-bond donors (Lipinski definition) is 1. The largest absolute Gasteiger partial charge is 0.530 e. The molecule has 5 aromatic rings. The minimum atomic E-state index is -2.33. The van der Waals surface area contributed by atoms with Crippen molar-refractivity contribution in [3.8, 4) is 40.2 Å². The summed E-state index contributed by atoms with van der Waals surface area (Å²) in [7, 11) is -4.36. The molecule has 0 amide bonds. The van der Waals surface area contributed by atoms with Crippen molar-refractivity contribution in [3.63, 3.8) is 0 Å². The van der Waals surface area contributed by atoms with Crippen molar-refractivity contribution in [2.75, 3.05) is 0 Å². The van der Waals surface area contributed by atoms with Crippen LogP contribution in [-0.2, 0) is 22.7 Å². The molecule has 272 valence electrons. The summed E-state index contributed by atoms with van der Waals surface area (Å²) in [5.41, 5.74) is 4.35. The van der Waals surface area contributed by atoms with Gasteiger partial charge in [-0.25, -0.2) is 0 Å². The van der Waals surface area contributed by atoms with Crippen LogP contribution in [0.5, 0.6) is 40.2 Å². The van der Waals surface area contributed by atoms with Gasteiger partial charge >= 0.3 is 17.2 Å². The third kappa shape index (κ3) is 8.67. The molecule has 1 aliphatic heterocycles. The van der Waals surface area contributed by atoms with E-state index in [9.17, 15) is 4.89 Å². The summed E-state index contributed by atoms with van der Waals surface area (Å²) in [5, 5.41) is 0. The first kappa shape index (κ1) is 37.5. The lowest BCUT2D eigenvalue weighted by molar-refractivity contribution is 0.351. The van der Waals surface area contributed by atoms with Crippen LogP contribution >= 0.6 is 17.2 Å². The average Bonchev–Trinajstić information content (AvgIpc) is 3.07. The highest BCUT2D eigenvalue weighted by atomic mass is 31.2. The molecule has 9 heteroatoms. The molecule has 0 fully saturated rings. The fraction of sp³-hybridized carbons (Fsp3) is 0.302. The van der Waals surface area contributed by atoms with Crippen LogP contribution in [0.25, 0.3) is 0 Å². The molecule has 52 heavy (non-hydrogen) atoms. The van der Waals surface area contributed by atoms with Crippen molar-refractivity contribution >= 4 is 17.2 Å². The van der Waals surface area contributed by atoms with Gasteiger partial charge < -0.3 is 32.2 Å². The number of para-hydroxylation sites is 5. The molecular weight excluding hydrogens is 690 g/mol. The lowest BCUT2D eigenvalue weighted by Gasteiger charge is -2.28. The Hall–Kier alpha value is -4.28. The molecule has 0 saturated heterocycles. The molecule has 1 aliphatic rings. The van der Waals surface area contributed by atoms with E-state index in [1.165, 1.54) is 0 Å². The van der Waals surface area contributed by atoms with E-state index in [1.54, 1.807) is 6.07 Å². The molecule has 6 rings (SSSR count). The average molecular weight is 739 g/mol. The van der Waals surface area contributed by atoms with Crippen molar-refractivity contribution in [2.45, 2.75) is 85.0 Å². The third-order valence-electron chi connectivity index (χ3n) is 8.66. The summed E-state index contributed by atoms with van der Waals surface area (Å²) >= 11 is 0. The molecule has 7 nitrogen and oxygen atoms in total. The standard InChI is InChI=1S/C43H48O7P2/c1-41(2,3)31-20-10-13-23-34(31)46-51(44)47-37-26-16-18-29-28-30-19-17-27-38(40(30)45-39(29)37)50-52(48-35-24-14-11-21-32(35)42(4,5)6)49-36-25-15-12-22-33(36)43(7,8)9/h10-27,44H,28H2,1-9H3. The lowest BCUT2D eigenvalue weighted by atomic mass is 9.86. The fourth-order valence-electron chi connectivity index (χ4n) is 6.06. The van der Waals surface area contributed by atoms with Crippen molar-refractivity contribution in [1.82, 2.24) is 0 Å². The first-order chi connectivity index (χ1) is 24.6. The van der Waals surface area contributed by atoms with E-state index >= 15 is 0 Å². The molecule has 0 aromatic heterocycles. The highest BCUT2D eigenvalue weighted by molar-refractivity contribution is 7.43.